The van der Waals surface area contributed by atoms with Crippen LogP contribution in [0.2, 0.25) is 0 Å². The minimum absolute atomic E-state index is 0.0286. The molecule has 0 radical (unpaired) electrons. The van der Waals surface area contributed by atoms with Crippen LogP contribution in [0.4, 0.5) is 4.79 Å². The molecule has 3 heterocycles. The van der Waals surface area contributed by atoms with Crippen LogP contribution in [0.3, 0.4) is 0 Å². The molecule has 0 aliphatic carbocycles. The van der Waals surface area contributed by atoms with Gasteiger partial charge in [-0.1, -0.05) is 12.1 Å². The van der Waals surface area contributed by atoms with Gasteiger partial charge < -0.3 is 24.2 Å². The number of methoxy groups -OCH3 is 1. The number of piperazine rings is 1. The Morgan fingerprint density at radius 1 is 1.08 bits per heavy atom. The van der Waals surface area contributed by atoms with Crippen LogP contribution < -0.4 is 4.74 Å². The van der Waals surface area contributed by atoms with Crippen molar-refractivity contribution in [2.75, 3.05) is 46.5 Å². The Hall–Kier alpha value is -2.28. The number of carbonyl (C=O) groups excluding carboxylic acids is 2. The maximum absolute atomic E-state index is 12.9. The topological polar surface area (TPSA) is 62.3 Å². The molecular formula is C19H25N3O4. The second-order valence-electron chi connectivity index (χ2n) is 7.08. The van der Waals surface area contributed by atoms with E-state index in [1.165, 1.54) is 0 Å². The highest BCUT2D eigenvalue weighted by Crippen LogP contribution is 2.28. The van der Waals surface area contributed by atoms with E-state index in [2.05, 4.69) is 0 Å². The third kappa shape index (κ3) is 3.00. The molecule has 1 atom stereocenters. The molecule has 0 N–H and O–H groups in total. The van der Waals surface area contributed by atoms with Crippen LogP contribution in [0.25, 0.3) is 0 Å². The van der Waals surface area contributed by atoms with E-state index < -0.39 is 0 Å². The SMILES string of the molecule is COc1ccccc1C(=O)N1CCN2C(=O)N(C3CCOCC3)CC2C1. The van der Waals surface area contributed by atoms with E-state index in [-0.39, 0.29) is 24.0 Å². The fourth-order valence-corrected chi connectivity index (χ4v) is 4.21. The number of rotatable bonds is 3. The lowest BCUT2D eigenvalue weighted by Gasteiger charge is -2.36. The number of hydrogen-bond acceptors (Lipinski definition) is 4. The standard InChI is InChI=1S/C19H25N3O4/c1-25-17-5-3-2-4-16(17)18(23)20-8-9-21-15(12-20)13-22(19(21)24)14-6-10-26-11-7-14/h2-5,14-15H,6-13H2,1H3. The zero-order valence-electron chi connectivity index (χ0n) is 15.1. The van der Waals surface area contributed by atoms with Crippen molar-refractivity contribution in [3.63, 3.8) is 0 Å². The van der Waals surface area contributed by atoms with Gasteiger partial charge in [-0.05, 0) is 25.0 Å². The largest absolute Gasteiger partial charge is 0.496 e. The summed E-state index contributed by atoms with van der Waals surface area (Å²) in [5.41, 5.74) is 0.578. The van der Waals surface area contributed by atoms with E-state index in [1.54, 1.807) is 19.2 Å². The predicted octanol–water partition coefficient (Wildman–Crippen LogP) is 1.44. The number of benzene rings is 1. The van der Waals surface area contributed by atoms with Crippen molar-refractivity contribution in [3.8, 4) is 5.75 Å². The van der Waals surface area contributed by atoms with Crippen LogP contribution in [0, 0.1) is 0 Å². The molecule has 1 aromatic rings. The highest BCUT2D eigenvalue weighted by atomic mass is 16.5. The van der Waals surface area contributed by atoms with Crippen molar-refractivity contribution < 1.29 is 19.1 Å². The molecule has 140 valence electrons. The lowest BCUT2D eigenvalue weighted by Crippen LogP contribution is -2.53. The zero-order chi connectivity index (χ0) is 18.1. The van der Waals surface area contributed by atoms with Gasteiger partial charge in [-0.25, -0.2) is 4.79 Å². The van der Waals surface area contributed by atoms with Crippen molar-refractivity contribution in [2.24, 2.45) is 0 Å². The van der Waals surface area contributed by atoms with E-state index in [0.717, 1.165) is 26.1 Å². The van der Waals surface area contributed by atoms with E-state index >= 15 is 0 Å². The molecular weight excluding hydrogens is 334 g/mol. The summed E-state index contributed by atoms with van der Waals surface area (Å²) >= 11 is 0. The first-order chi connectivity index (χ1) is 12.7. The van der Waals surface area contributed by atoms with Crippen molar-refractivity contribution >= 4 is 11.9 Å². The van der Waals surface area contributed by atoms with Crippen molar-refractivity contribution in [1.82, 2.24) is 14.7 Å². The first-order valence-corrected chi connectivity index (χ1v) is 9.26. The molecule has 3 saturated heterocycles. The molecule has 3 fully saturated rings. The summed E-state index contributed by atoms with van der Waals surface area (Å²) in [6, 6.07) is 7.74. The van der Waals surface area contributed by atoms with Gasteiger partial charge >= 0.3 is 6.03 Å². The molecule has 1 aromatic carbocycles. The molecule has 0 saturated carbocycles. The quantitative estimate of drug-likeness (QED) is 0.819. The van der Waals surface area contributed by atoms with Crippen LogP contribution in [0.5, 0.6) is 5.75 Å². The fraction of sp³-hybridized carbons (Fsp3) is 0.579. The average Bonchev–Trinajstić information content (AvgIpc) is 3.04. The summed E-state index contributed by atoms with van der Waals surface area (Å²) in [5.74, 6) is 0.560. The third-order valence-electron chi connectivity index (χ3n) is 5.64. The summed E-state index contributed by atoms with van der Waals surface area (Å²) in [5, 5.41) is 0. The Morgan fingerprint density at radius 2 is 1.85 bits per heavy atom. The smallest absolute Gasteiger partial charge is 0.320 e. The predicted molar refractivity (Wildman–Crippen MR) is 95.3 cm³/mol. The summed E-state index contributed by atoms with van der Waals surface area (Å²) in [6.45, 7) is 3.85. The second kappa shape index (κ2) is 7.15. The first kappa shape index (κ1) is 17.1. The number of nitrogens with zero attached hydrogens (tertiary/aromatic N) is 3. The normalized spacial score (nSPS) is 24.0. The molecule has 3 aliphatic heterocycles. The molecule has 3 amide bonds. The molecule has 7 nitrogen and oxygen atoms in total. The molecule has 3 aliphatic rings. The molecule has 0 bridgehead atoms. The van der Waals surface area contributed by atoms with E-state index in [9.17, 15) is 9.59 Å². The molecule has 26 heavy (non-hydrogen) atoms. The summed E-state index contributed by atoms with van der Waals surface area (Å²) in [4.78, 5) is 31.5. The number of carbonyl (C=O) groups is 2. The monoisotopic (exact) mass is 359 g/mol. The summed E-state index contributed by atoms with van der Waals surface area (Å²) in [7, 11) is 1.57. The number of ether oxygens (including phenoxy) is 2. The summed E-state index contributed by atoms with van der Waals surface area (Å²) < 4.78 is 10.7. The number of urea groups is 1. The second-order valence-corrected chi connectivity index (χ2v) is 7.08. The van der Waals surface area contributed by atoms with Crippen LogP contribution in [0.15, 0.2) is 24.3 Å². The van der Waals surface area contributed by atoms with Gasteiger partial charge in [0.1, 0.15) is 5.75 Å². The highest BCUT2D eigenvalue weighted by Gasteiger charge is 2.44. The third-order valence-corrected chi connectivity index (χ3v) is 5.64. The van der Waals surface area contributed by atoms with Gasteiger partial charge in [-0.15, -0.1) is 0 Å². The van der Waals surface area contributed by atoms with E-state index in [4.69, 9.17) is 9.47 Å². The van der Waals surface area contributed by atoms with Gasteiger partial charge in [0.15, 0.2) is 0 Å². The molecule has 0 spiro atoms. The molecule has 1 unspecified atom stereocenters. The zero-order valence-corrected chi connectivity index (χ0v) is 15.1. The van der Waals surface area contributed by atoms with Crippen molar-refractivity contribution in [1.29, 1.82) is 0 Å². The van der Waals surface area contributed by atoms with Gasteiger partial charge in [-0.3, -0.25) is 4.79 Å². The lowest BCUT2D eigenvalue weighted by molar-refractivity contribution is 0.0504. The fourth-order valence-electron chi connectivity index (χ4n) is 4.21. The minimum atomic E-state index is -0.0286. The van der Waals surface area contributed by atoms with Crippen LogP contribution in [-0.4, -0.2) is 85.2 Å². The number of para-hydroxylation sites is 1. The van der Waals surface area contributed by atoms with Crippen molar-refractivity contribution in [3.05, 3.63) is 29.8 Å². The number of amides is 3. The Kier molecular flexibility index (Phi) is 4.72. The number of fused-ring (bicyclic) bond motifs is 1. The van der Waals surface area contributed by atoms with Gasteiger partial charge in [-0.2, -0.15) is 0 Å². The molecule has 0 aromatic heterocycles. The highest BCUT2D eigenvalue weighted by molar-refractivity contribution is 5.97. The van der Waals surface area contributed by atoms with Gasteiger partial charge in [0, 0.05) is 45.4 Å². The van der Waals surface area contributed by atoms with E-state index in [0.29, 0.717) is 37.5 Å². The van der Waals surface area contributed by atoms with Crippen LogP contribution in [-0.2, 0) is 4.74 Å². The molecule has 7 heteroatoms. The van der Waals surface area contributed by atoms with E-state index in [1.807, 2.05) is 26.8 Å². The maximum Gasteiger partial charge on any atom is 0.320 e. The van der Waals surface area contributed by atoms with Crippen LogP contribution >= 0.6 is 0 Å². The Labute approximate surface area is 153 Å². The Balaban J connectivity index is 1.46. The van der Waals surface area contributed by atoms with Gasteiger partial charge in [0.05, 0.1) is 18.7 Å². The van der Waals surface area contributed by atoms with Gasteiger partial charge in [0.2, 0.25) is 0 Å². The Bertz CT molecular complexity index is 689. The van der Waals surface area contributed by atoms with Gasteiger partial charge in [0.25, 0.3) is 5.91 Å². The Morgan fingerprint density at radius 3 is 2.62 bits per heavy atom. The summed E-state index contributed by atoms with van der Waals surface area (Å²) in [6.07, 6.45) is 1.80. The lowest BCUT2D eigenvalue weighted by atomic mass is 10.1. The first-order valence-electron chi connectivity index (χ1n) is 9.26. The van der Waals surface area contributed by atoms with Crippen molar-refractivity contribution in [2.45, 2.75) is 24.9 Å². The minimum Gasteiger partial charge on any atom is -0.496 e. The average molecular weight is 359 g/mol. The van der Waals surface area contributed by atoms with Crippen LogP contribution in [0.1, 0.15) is 23.2 Å². The molecule has 4 rings (SSSR count). The maximum atomic E-state index is 12.9. The number of hydrogen-bond donors (Lipinski definition) is 0.